The van der Waals surface area contributed by atoms with E-state index in [1.807, 2.05) is 36.2 Å². The highest BCUT2D eigenvalue weighted by molar-refractivity contribution is 14.0. The van der Waals surface area contributed by atoms with Crippen molar-refractivity contribution in [2.24, 2.45) is 10.7 Å². The third-order valence-electron chi connectivity index (χ3n) is 4.07. The summed E-state index contributed by atoms with van der Waals surface area (Å²) in [5, 5.41) is 6.76. The molecule has 162 valence electrons. The summed E-state index contributed by atoms with van der Waals surface area (Å²) in [6.45, 7) is 0.945. The summed E-state index contributed by atoms with van der Waals surface area (Å²) in [5.74, 6) is -0.227. The maximum Gasteiger partial charge on any atom is 0.251 e. The van der Waals surface area contributed by atoms with Gasteiger partial charge in [-0.2, -0.15) is 0 Å². The van der Waals surface area contributed by atoms with Crippen LogP contribution in [0.5, 0.6) is 0 Å². The van der Waals surface area contributed by atoms with E-state index in [0.717, 1.165) is 11.1 Å². The van der Waals surface area contributed by atoms with E-state index >= 15 is 0 Å². The number of carbonyl (C=O) groups is 2. The lowest BCUT2D eigenvalue weighted by Crippen LogP contribution is -2.38. The van der Waals surface area contributed by atoms with Gasteiger partial charge < -0.3 is 21.3 Å². The smallest absolute Gasteiger partial charge is 0.251 e. The molecule has 0 saturated carbocycles. The van der Waals surface area contributed by atoms with Crippen molar-refractivity contribution in [1.82, 2.24) is 15.5 Å². The highest BCUT2D eigenvalue weighted by Gasteiger charge is 2.09. The van der Waals surface area contributed by atoms with Gasteiger partial charge in [0.05, 0.1) is 16.6 Å². The Kier molecular flexibility index (Phi) is 10.9. The molecule has 7 nitrogen and oxygen atoms in total. The molecular weight excluding hydrogens is 540 g/mol. The van der Waals surface area contributed by atoms with Crippen molar-refractivity contribution in [2.75, 3.05) is 20.6 Å². The zero-order chi connectivity index (χ0) is 21.4. The molecule has 0 saturated heterocycles. The van der Waals surface area contributed by atoms with Gasteiger partial charge in [0.25, 0.3) is 5.91 Å². The predicted octanol–water partition coefficient (Wildman–Crippen LogP) is 3.03. The summed E-state index contributed by atoms with van der Waals surface area (Å²) in [5.41, 5.74) is 7.46. The number of benzene rings is 2. The van der Waals surface area contributed by atoms with E-state index in [1.165, 1.54) is 0 Å². The Morgan fingerprint density at radius 1 is 1.03 bits per heavy atom. The normalized spacial score (nSPS) is 10.7. The molecule has 2 rings (SSSR count). The highest BCUT2D eigenvalue weighted by Crippen LogP contribution is 2.23. The summed E-state index contributed by atoms with van der Waals surface area (Å²) in [7, 11) is 3.63. The number of nitrogens with zero attached hydrogens (tertiary/aromatic N) is 2. The number of rotatable bonds is 7. The van der Waals surface area contributed by atoms with Crippen LogP contribution in [0.25, 0.3) is 0 Å². The number of aliphatic imine (C=N–C) groups is 1. The molecule has 4 N–H and O–H groups in total. The number of guanidine groups is 1. The molecule has 0 aliphatic heterocycles. The van der Waals surface area contributed by atoms with E-state index in [2.05, 4.69) is 15.6 Å². The topological polar surface area (TPSA) is 99.8 Å². The van der Waals surface area contributed by atoms with Gasteiger partial charge in [0.1, 0.15) is 0 Å². The van der Waals surface area contributed by atoms with Gasteiger partial charge in [-0.25, -0.2) is 0 Å². The quantitative estimate of drug-likeness (QED) is 0.274. The molecule has 0 bridgehead atoms. The first-order chi connectivity index (χ1) is 13.8. The molecule has 30 heavy (non-hydrogen) atoms. The Bertz CT molecular complexity index is 907. The number of halogens is 3. The zero-order valence-electron chi connectivity index (χ0n) is 16.6. The van der Waals surface area contributed by atoms with Crippen molar-refractivity contribution in [1.29, 1.82) is 0 Å². The van der Waals surface area contributed by atoms with E-state index in [9.17, 15) is 9.59 Å². The summed E-state index contributed by atoms with van der Waals surface area (Å²) >= 11 is 12.0. The number of carbonyl (C=O) groups excluding carboxylic acids is 2. The van der Waals surface area contributed by atoms with Crippen LogP contribution >= 0.6 is 47.2 Å². The van der Waals surface area contributed by atoms with Crippen LogP contribution < -0.4 is 16.4 Å². The molecule has 0 heterocycles. The van der Waals surface area contributed by atoms with E-state index in [4.69, 9.17) is 28.9 Å². The van der Waals surface area contributed by atoms with Crippen molar-refractivity contribution in [3.05, 3.63) is 69.2 Å². The van der Waals surface area contributed by atoms with E-state index < -0.39 is 5.91 Å². The van der Waals surface area contributed by atoms with E-state index in [-0.39, 0.29) is 36.4 Å². The van der Waals surface area contributed by atoms with E-state index in [0.29, 0.717) is 34.7 Å². The van der Waals surface area contributed by atoms with Gasteiger partial charge in [-0.15, -0.1) is 24.0 Å². The minimum Gasteiger partial charge on any atom is -0.368 e. The first-order valence-electron chi connectivity index (χ1n) is 8.81. The summed E-state index contributed by atoms with van der Waals surface area (Å²) in [6.07, 6.45) is 0. The van der Waals surface area contributed by atoms with Crippen molar-refractivity contribution >= 4 is 65.0 Å². The molecule has 0 aliphatic carbocycles. The average molecular weight is 564 g/mol. The Labute approximate surface area is 203 Å². The third kappa shape index (κ3) is 8.00. The molecule has 0 unspecified atom stereocenters. The fourth-order valence-corrected chi connectivity index (χ4v) is 2.92. The third-order valence-corrected chi connectivity index (χ3v) is 4.81. The molecule has 0 fully saturated rings. The minimum absolute atomic E-state index is 0. The van der Waals surface area contributed by atoms with Crippen LogP contribution in [0, 0.1) is 0 Å². The van der Waals surface area contributed by atoms with Crippen molar-refractivity contribution in [2.45, 2.75) is 13.1 Å². The van der Waals surface area contributed by atoms with Gasteiger partial charge >= 0.3 is 0 Å². The number of nitrogens with two attached hydrogens (primary N) is 1. The van der Waals surface area contributed by atoms with Crippen LogP contribution in [0.2, 0.25) is 10.0 Å². The van der Waals surface area contributed by atoms with Gasteiger partial charge in [0.2, 0.25) is 5.91 Å². The Hall–Kier alpha value is -2.04. The zero-order valence-corrected chi connectivity index (χ0v) is 20.5. The fourth-order valence-electron chi connectivity index (χ4n) is 2.60. The number of hydrogen-bond donors (Lipinski definition) is 3. The molecule has 2 aromatic rings. The van der Waals surface area contributed by atoms with Crippen LogP contribution in [0.1, 0.15) is 21.5 Å². The first-order valence-corrected chi connectivity index (χ1v) is 9.57. The summed E-state index contributed by atoms with van der Waals surface area (Å²) < 4.78 is 0. The summed E-state index contributed by atoms with van der Waals surface area (Å²) in [4.78, 5) is 28.9. The maximum atomic E-state index is 11.9. The second-order valence-corrected chi connectivity index (χ2v) is 7.17. The molecular formula is C20H24Cl2IN5O2. The van der Waals surface area contributed by atoms with Crippen LogP contribution in [0.15, 0.2) is 47.5 Å². The van der Waals surface area contributed by atoms with Crippen LogP contribution in [-0.4, -0.2) is 43.3 Å². The second kappa shape index (κ2) is 12.6. The number of amides is 2. The Balaban J connectivity index is 0.00000450. The lowest BCUT2D eigenvalue weighted by atomic mass is 10.1. The summed E-state index contributed by atoms with van der Waals surface area (Å²) in [6, 6.07) is 12.6. The van der Waals surface area contributed by atoms with Crippen LogP contribution in [0.4, 0.5) is 0 Å². The lowest BCUT2D eigenvalue weighted by molar-refractivity contribution is -0.117. The fraction of sp³-hybridized carbons (Fsp3) is 0.250. The molecule has 0 aromatic heterocycles. The molecule has 2 aromatic carbocycles. The Morgan fingerprint density at radius 3 is 2.23 bits per heavy atom. The molecule has 0 spiro atoms. The van der Waals surface area contributed by atoms with Gasteiger partial charge in [-0.05, 0) is 35.4 Å². The van der Waals surface area contributed by atoms with Crippen molar-refractivity contribution in [3.63, 3.8) is 0 Å². The minimum atomic E-state index is -0.587. The maximum absolute atomic E-state index is 11.9. The van der Waals surface area contributed by atoms with Crippen molar-refractivity contribution < 1.29 is 9.59 Å². The SMILES string of the molecule is CN=C(NCc1ccc(C(=O)NCC(N)=O)cc1)N(C)Cc1ccc(Cl)c(Cl)c1.I. The monoisotopic (exact) mass is 563 g/mol. The second-order valence-electron chi connectivity index (χ2n) is 6.35. The molecule has 10 heteroatoms. The number of nitrogens with one attached hydrogen (secondary N) is 2. The Morgan fingerprint density at radius 2 is 1.67 bits per heavy atom. The number of primary amides is 1. The number of hydrogen-bond acceptors (Lipinski definition) is 3. The van der Waals surface area contributed by atoms with Crippen molar-refractivity contribution in [3.8, 4) is 0 Å². The standard InChI is InChI=1S/C20H23Cl2N5O2.HI/c1-24-20(27(2)12-14-5-8-16(21)17(22)9-14)26-10-13-3-6-15(7-4-13)19(29)25-11-18(23)28;/h3-9H,10-12H2,1-2H3,(H2,23,28)(H,24,26)(H,25,29);1H. The lowest BCUT2D eigenvalue weighted by Gasteiger charge is -2.22. The van der Waals surface area contributed by atoms with Crippen LogP contribution in [0.3, 0.4) is 0 Å². The van der Waals surface area contributed by atoms with Gasteiger partial charge in [0, 0.05) is 32.7 Å². The van der Waals surface area contributed by atoms with Gasteiger partial charge in [-0.1, -0.05) is 41.4 Å². The first kappa shape index (κ1) is 26.0. The van der Waals surface area contributed by atoms with E-state index in [1.54, 1.807) is 25.2 Å². The van der Waals surface area contributed by atoms with Gasteiger partial charge in [-0.3, -0.25) is 14.6 Å². The molecule has 2 amide bonds. The van der Waals surface area contributed by atoms with Crippen LogP contribution in [-0.2, 0) is 17.9 Å². The predicted molar refractivity (Wildman–Crippen MR) is 132 cm³/mol. The largest absolute Gasteiger partial charge is 0.368 e. The highest BCUT2D eigenvalue weighted by atomic mass is 127. The average Bonchev–Trinajstić information content (AvgIpc) is 2.70. The molecule has 0 aliphatic rings. The molecule has 0 atom stereocenters. The van der Waals surface area contributed by atoms with Gasteiger partial charge in [0.15, 0.2) is 5.96 Å². The molecule has 0 radical (unpaired) electrons.